The lowest BCUT2D eigenvalue weighted by atomic mass is 9.91. The van der Waals surface area contributed by atoms with Crippen molar-refractivity contribution in [2.24, 2.45) is 5.73 Å². The molecule has 1 fully saturated rings. The number of nitrogens with one attached hydrogen (secondary N) is 1. The molecular weight excluding hydrogens is 264 g/mol. The summed E-state index contributed by atoms with van der Waals surface area (Å²) in [5, 5.41) is 6.92. The Morgan fingerprint density at radius 1 is 1.29 bits per heavy atom. The van der Waals surface area contributed by atoms with Crippen LogP contribution in [-0.2, 0) is 6.54 Å². The summed E-state index contributed by atoms with van der Waals surface area (Å²) in [6.07, 6.45) is 6.27. The van der Waals surface area contributed by atoms with Crippen LogP contribution in [0.4, 0.5) is 0 Å². The van der Waals surface area contributed by atoms with E-state index in [9.17, 15) is 4.79 Å². The summed E-state index contributed by atoms with van der Waals surface area (Å²) < 4.78 is 0. The Hall–Kier alpha value is -2.14. The van der Waals surface area contributed by atoms with Gasteiger partial charge in [0, 0.05) is 18.3 Å². The topological polar surface area (TPSA) is 75.0 Å². The normalized spacial score (nSPS) is 17.0. The van der Waals surface area contributed by atoms with Gasteiger partial charge in [0.05, 0.1) is 6.20 Å². The third kappa shape index (κ3) is 3.31. The van der Waals surface area contributed by atoms with Crippen molar-refractivity contribution < 1.29 is 4.79 Å². The van der Waals surface area contributed by atoms with E-state index in [-0.39, 0.29) is 5.91 Å². The second-order valence-electron chi connectivity index (χ2n) is 5.64. The van der Waals surface area contributed by atoms with Gasteiger partial charge in [0.15, 0.2) is 0 Å². The van der Waals surface area contributed by atoms with E-state index in [1.54, 1.807) is 12.1 Å². The predicted octanol–water partition coefficient (Wildman–Crippen LogP) is 1.89. The Morgan fingerprint density at radius 3 is 2.57 bits per heavy atom. The molecule has 3 rings (SSSR count). The molecule has 0 unspecified atom stereocenters. The molecule has 1 aromatic carbocycles. The highest BCUT2D eigenvalue weighted by atomic mass is 16.1. The lowest BCUT2D eigenvalue weighted by Gasteiger charge is -2.31. The molecule has 2 aromatic rings. The Labute approximate surface area is 124 Å². The monoisotopic (exact) mass is 284 g/mol. The van der Waals surface area contributed by atoms with Crippen LogP contribution in [0.25, 0.3) is 0 Å². The molecule has 0 aliphatic carbocycles. The summed E-state index contributed by atoms with van der Waals surface area (Å²) in [5.41, 5.74) is 8.36. The van der Waals surface area contributed by atoms with E-state index in [1.165, 1.54) is 24.0 Å². The van der Waals surface area contributed by atoms with Crippen LogP contribution in [0, 0.1) is 0 Å². The number of likely N-dealkylation sites (tertiary alicyclic amines) is 1. The molecule has 1 saturated heterocycles. The van der Waals surface area contributed by atoms with Gasteiger partial charge in [-0.15, -0.1) is 0 Å². The minimum absolute atomic E-state index is 0.373. The number of benzene rings is 1. The van der Waals surface area contributed by atoms with E-state index < -0.39 is 0 Å². The van der Waals surface area contributed by atoms with Crippen LogP contribution in [0.15, 0.2) is 36.7 Å². The predicted molar refractivity (Wildman–Crippen MR) is 80.8 cm³/mol. The van der Waals surface area contributed by atoms with E-state index in [1.807, 2.05) is 24.5 Å². The summed E-state index contributed by atoms with van der Waals surface area (Å²) in [6.45, 7) is 3.11. The molecule has 1 aliphatic rings. The lowest BCUT2D eigenvalue weighted by molar-refractivity contribution is 0.100. The third-order valence-electron chi connectivity index (χ3n) is 4.22. The largest absolute Gasteiger partial charge is 0.366 e. The number of aromatic amines is 1. The van der Waals surface area contributed by atoms with Gasteiger partial charge in [0.25, 0.3) is 0 Å². The second-order valence-corrected chi connectivity index (χ2v) is 5.64. The van der Waals surface area contributed by atoms with Crippen LogP contribution in [-0.4, -0.2) is 34.1 Å². The van der Waals surface area contributed by atoms with Crippen LogP contribution in [0.1, 0.15) is 40.2 Å². The zero-order valence-corrected chi connectivity index (χ0v) is 12.0. The van der Waals surface area contributed by atoms with Crippen LogP contribution in [0.3, 0.4) is 0 Å². The molecular formula is C16H20N4O. The van der Waals surface area contributed by atoms with Crippen LogP contribution in [0.5, 0.6) is 0 Å². The van der Waals surface area contributed by atoms with Gasteiger partial charge in [-0.1, -0.05) is 12.1 Å². The van der Waals surface area contributed by atoms with Gasteiger partial charge in [-0.3, -0.25) is 14.8 Å². The molecule has 0 atom stereocenters. The van der Waals surface area contributed by atoms with Crippen LogP contribution in [0.2, 0.25) is 0 Å². The number of piperidine rings is 1. The summed E-state index contributed by atoms with van der Waals surface area (Å²) in [6, 6.07) is 7.58. The van der Waals surface area contributed by atoms with Crippen molar-refractivity contribution in [2.75, 3.05) is 13.1 Å². The Bertz CT molecular complexity index is 583. The van der Waals surface area contributed by atoms with Crippen molar-refractivity contribution in [2.45, 2.75) is 25.3 Å². The van der Waals surface area contributed by atoms with E-state index in [2.05, 4.69) is 15.1 Å². The maximum absolute atomic E-state index is 11.1. The number of nitrogens with zero attached hydrogens (tertiary/aromatic N) is 2. The zero-order chi connectivity index (χ0) is 14.7. The van der Waals surface area contributed by atoms with Crippen molar-refractivity contribution in [3.63, 3.8) is 0 Å². The van der Waals surface area contributed by atoms with Crippen molar-refractivity contribution in [3.8, 4) is 0 Å². The minimum atomic E-state index is -0.373. The molecule has 0 saturated carbocycles. The summed E-state index contributed by atoms with van der Waals surface area (Å²) in [7, 11) is 0. The van der Waals surface area contributed by atoms with E-state index in [4.69, 9.17) is 5.73 Å². The summed E-state index contributed by atoms with van der Waals surface area (Å²) >= 11 is 0. The fourth-order valence-electron chi connectivity index (χ4n) is 2.94. The van der Waals surface area contributed by atoms with Crippen molar-refractivity contribution in [1.82, 2.24) is 15.1 Å². The Balaban J connectivity index is 1.54. The van der Waals surface area contributed by atoms with Gasteiger partial charge in [-0.05, 0) is 55.1 Å². The van der Waals surface area contributed by atoms with E-state index in [0.29, 0.717) is 11.5 Å². The lowest BCUT2D eigenvalue weighted by Crippen LogP contribution is -2.32. The van der Waals surface area contributed by atoms with Gasteiger partial charge in [-0.25, -0.2) is 0 Å². The van der Waals surface area contributed by atoms with Crippen LogP contribution >= 0.6 is 0 Å². The molecule has 110 valence electrons. The van der Waals surface area contributed by atoms with E-state index in [0.717, 1.165) is 19.6 Å². The standard InChI is InChI=1S/C16H20N4O/c17-16(21)14-3-1-12(2-4-14)11-20-7-5-13(6-8-20)15-9-18-19-10-15/h1-4,9-10,13H,5-8,11H2,(H2,17,21)(H,18,19). The first-order chi connectivity index (χ1) is 10.2. The number of H-pyrrole nitrogens is 1. The van der Waals surface area contributed by atoms with Crippen LogP contribution < -0.4 is 5.73 Å². The zero-order valence-electron chi connectivity index (χ0n) is 12.0. The SMILES string of the molecule is NC(=O)c1ccc(CN2CCC(c3cn[nH]c3)CC2)cc1. The number of amides is 1. The molecule has 21 heavy (non-hydrogen) atoms. The number of hydrogen-bond acceptors (Lipinski definition) is 3. The fraction of sp³-hybridized carbons (Fsp3) is 0.375. The highest BCUT2D eigenvalue weighted by Gasteiger charge is 2.21. The molecule has 3 N–H and O–H groups in total. The quantitative estimate of drug-likeness (QED) is 0.900. The molecule has 1 aliphatic heterocycles. The number of carbonyl (C=O) groups is 1. The average molecular weight is 284 g/mol. The molecule has 0 spiro atoms. The van der Waals surface area contributed by atoms with Crippen molar-refractivity contribution >= 4 is 5.91 Å². The summed E-state index contributed by atoms with van der Waals surface area (Å²) in [5.74, 6) is 0.250. The van der Waals surface area contributed by atoms with Gasteiger partial charge in [0.2, 0.25) is 5.91 Å². The maximum atomic E-state index is 11.1. The molecule has 5 nitrogen and oxygen atoms in total. The Kier molecular flexibility index (Phi) is 4.01. The van der Waals surface area contributed by atoms with Crippen molar-refractivity contribution in [1.29, 1.82) is 0 Å². The highest BCUT2D eigenvalue weighted by Crippen LogP contribution is 2.27. The third-order valence-corrected chi connectivity index (χ3v) is 4.22. The molecule has 0 bridgehead atoms. The average Bonchev–Trinajstić information content (AvgIpc) is 3.03. The van der Waals surface area contributed by atoms with Gasteiger partial charge < -0.3 is 5.73 Å². The number of aromatic nitrogens is 2. The molecule has 2 heterocycles. The molecule has 1 aromatic heterocycles. The number of nitrogens with two attached hydrogens (primary N) is 1. The van der Waals surface area contributed by atoms with E-state index >= 15 is 0 Å². The second kappa shape index (κ2) is 6.10. The fourth-order valence-corrected chi connectivity index (χ4v) is 2.94. The molecule has 1 amide bonds. The maximum Gasteiger partial charge on any atom is 0.248 e. The minimum Gasteiger partial charge on any atom is -0.366 e. The first-order valence-corrected chi connectivity index (χ1v) is 7.32. The molecule has 5 heteroatoms. The van der Waals surface area contributed by atoms with Gasteiger partial charge >= 0.3 is 0 Å². The Morgan fingerprint density at radius 2 is 2.00 bits per heavy atom. The first-order valence-electron chi connectivity index (χ1n) is 7.32. The number of primary amides is 1. The van der Waals surface area contributed by atoms with Gasteiger partial charge in [0.1, 0.15) is 0 Å². The first kappa shape index (κ1) is 13.8. The van der Waals surface area contributed by atoms with Crippen molar-refractivity contribution in [3.05, 3.63) is 53.3 Å². The number of carbonyl (C=O) groups excluding carboxylic acids is 1. The summed E-state index contributed by atoms with van der Waals surface area (Å²) in [4.78, 5) is 13.5. The number of rotatable bonds is 4. The smallest absolute Gasteiger partial charge is 0.248 e. The van der Waals surface area contributed by atoms with Gasteiger partial charge in [-0.2, -0.15) is 5.10 Å². The number of hydrogen-bond donors (Lipinski definition) is 2. The molecule has 0 radical (unpaired) electrons. The highest BCUT2D eigenvalue weighted by molar-refractivity contribution is 5.92.